The van der Waals surface area contributed by atoms with E-state index in [0.717, 1.165) is 19.3 Å². The Morgan fingerprint density at radius 2 is 2.11 bits per heavy atom. The van der Waals surface area contributed by atoms with E-state index in [1.54, 1.807) is 6.92 Å². The summed E-state index contributed by atoms with van der Waals surface area (Å²) in [4.78, 5) is 24.2. The third-order valence-electron chi connectivity index (χ3n) is 3.79. The first kappa shape index (κ1) is 13.3. The Hall–Kier alpha value is -1.10. The van der Waals surface area contributed by atoms with Gasteiger partial charge in [-0.3, -0.25) is 4.79 Å². The minimum Gasteiger partial charge on any atom is -0.464 e. The topological polar surface area (TPSA) is 64.6 Å². The molecular formula is C13H21NO4. The second-order valence-corrected chi connectivity index (χ2v) is 5.06. The smallest absolute Gasteiger partial charge is 0.331 e. The maximum atomic E-state index is 12.1. The summed E-state index contributed by atoms with van der Waals surface area (Å²) in [5, 5.41) is 2.93. The highest BCUT2D eigenvalue weighted by atomic mass is 16.5. The van der Waals surface area contributed by atoms with E-state index in [1.165, 1.54) is 0 Å². The molecule has 102 valence electrons. The predicted octanol–water partition coefficient (Wildman–Crippen LogP) is 1.01. The van der Waals surface area contributed by atoms with Gasteiger partial charge in [0.2, 0.25) is 5.91 Å². The van der Waals surface area contributed by atoms with E-state index in [1.807, 2.05) is 0 Å². The van der Waals surface area contributed by atoms with Crippen LogP contribution in [0, 0.1) is 5.92 Å². The van der Waals surface area contributed by atoms with Crippen molar-refractivity contribution in [1.82, 2.24) is 5.32 Å². The molecule has 2 rings (SSSR count). The van der Waals surface area contributed by atoms with E-state index < -0.39 is 5.54 Å². The molecule has 0 aromatic rings. The first-order valence-electron chi connectivity index (χ1n) is 6.75. The molecule has 1 aliphatic carbocycles. The second kappa shape index (κ2) is 5.69. The largest absolute Gasteiger partial charge is 0.464 e. The van der Waals surface area contributed by atoms with Gasteiger partial charge in [0.15, 0.2) is 0 Å². The van der Waals surface area contributed by atoms with E-state index in [9.17, 15) is 9.59 Å². The lowest BCUT2D eigenvalue weighted by atomic mass is 9.96. The Morgan fingerprint density at radius 1 is 1.39 bits per heavy atom. The maximum absolute atomic E-state index is 12.1. The van der Waals surface area contributed by atoms with E-state index in [4.69, 9.17) is 9.47 Å². The summed E-state index contributed by atoms with van der Waals surface area (Å²) in [6.07, 6.45) is 4.03. The second-order valence-electron chi connectivity index (χ2n) is 5.06. The molecule has 1 N–H and O–H groups in total. The third-order valence-corrected chi connectivity index (χ3v) is 3.79. The summed E-state index contributed by atoms with van der Waals surface area (Å²) < 4.78 is 10.3. The third kappa shape index (κ3) is 2.66. The van der Waals surface area contributed by atoms with Crippen molar-refractivity contribution in [1.29, 1.82) is 0 Å². The maximum Gasteiger partial charge on any atom is 0.331 e. The van der Waals surface area contributed by atoms with Crippen LogP contribution in [0.25, 0.3) is 0 Å². The standard InChI is InChI=1S/C13H21NO4/c1-2-18-12(16)13(6-3-4-7-13)14-11(15)10-5-8-17-9-10/h10H,2-9H2,1H3,(H,14,15). The Labute approximate surface area is 107 Å². The Kier molecular flexibility index (Phi) is 4.22. The van der Waals surface area contributed by atoms with Crippen molar-refractivity contribution < 1.29 is 19.1 Å². The molecule has 0 spiro atoms. The van der Waals surface area contributed by atoms with Crippen LogP contribution in [0.4, 0.5) is 0 Å². The molecule has 5 heteroatoms. The van der Waals surface area contributed by atoms with Crippen LogP contribution in [0.3, 0.4) is 0 Å². The summed E-state index contributed by atoms with van der Waals surface area (Å²) in [6.45, 7) is 3.23. The van der Waals surface area contributed by atoms with Crippen LogP contribution in [-0.4, -0.2) is 37.2 Å². The molecular weight excluding hydrogens is 234 g/mol. The fraction of sp³-hybridized carbons (Fsp3) is 0.846. The van der Waals surface area contributed by atoms with Gasteiger partial charge in [0.25, 0.3) is 0 Å². The van der Waals surface area contributed by atoms with E-state index in [2.05, 4.69) is 5.32 Å². The van der Waals surface area contributed by atoms with Crippen molar-refractivity contribution in [2.45, 2.75) is 44.6 Å². The summed E-state index contributed by atoms with van der Waals surface area (Å²) in [5.74, 6) is -0.464. The monoisotopic (exact) mass is 255 g/mol. The van der Waals surface area contributed by atoms with Crippen molar-refractivity contribution in [2.24, 2.45) is 5.92 Å². The molecule has 1 saturated carbocycles. The van der Waals surface area contributed by atoms with Crippen molar-refractivity contribution in [3.63, 3.8) is 0 Å². The lowest BCUT2D eigenvalue weighted by Crippen LogP contribution is -2.55. The van der Waals surface area contributed by atoms with Gasteiger partial charge in [-0.2, -0.15) is 0 Å². The molecule has 1 aliphatic heterocycles. The van der Waals surface area contributed by atoms with E-state index in [0.29, 0.717) is 32.7 Å². The normalized spacial score (nSPS) is 25.9. The van der Waals surface area contributed by atoms with Gasteiger partial charge in [0, 0.05) is 6.61 Å². The van der Waals surface area contributed by atoms with Crippen LogP contribution >= 0.6 is 0 Å². The van der Waals surface area contributed by atoms with Crippen LogP contribution in [0.1, 0.15) is 39.0 Å². The first-order valence-corrected chi connectivity index (χ1v) is 6.75. The number of ether oxygens (including phenoxy) is 2. The average molecular weight is 255 g/mol. The van der Waals surface area contributed by atoms with Gasteiger partial charge < -0.3 is 14.8 Å². The molecule has 1 atom stereocenters. The molecule has 18 heavy (non-hydrogen) atoms. The zero-order valence-corrected chi connectivity index (χ0v) is 10.9. The zero-order valence-electron chi connectivity index (χ0n) is 10.9. The summed E-state index contributed by atoms with van der Waals surface area (Å²) in [7, 11) is 0. The Balaban J connectivity index is 2.01. The van der Waals surface area contributed by atoms with Crippen LogP contribution in [-0.2, 0) is 19.1 Å². The minimum atomic E-state index is -0.782. The highest BCUT2D eigenvalue weighted by Crippen LogP contribution is 2.31. The molecule has 0 radical (unpaired) electrons. The summed E-state index contributed by atoms with van der Waals surface area (Å²) >= 11 is 0. The van der Waals surface area contributed by atoms with Gasteiger partial charge in [-0.15, -0.1) is 0 Å². The average Bonchev–Trinajstić information content (AvgIpc) is 3.00. The van der Waals surface area contributed by atoms with Gasteiger partial charge in [-0.1, -0.05) is 12.8 Å². The molecule has 1 heterocycles. The lowest BCUT2D eigenvalue weighted by molar-refractivity contribution is -0.153. The van der Waals surface area contributed by atoms with Crippen molar-refractivity contribution >= 4 is 11.9 Å². The van der Waals surface area contributed by atoms with Gasteiger partial charge in [-0.25, -0.2) is 4.79 Å². The van der Waals surface area contributed by atoms with Gasteiger partial charge in [0.05, 0.1) is 19.1 Å². The molecule has 1 unspecified atom stereocenters. The Morgan fingerprint density at radius 3 is 2.67 bits per heavy atom. The van der Waals surface area contributed by atoms with Gasteiger partial charge in [-0.05, 0) is 26.2 Å². The van der Waals surface area contributed by atoms with Crippen LogP contribution in [0.15, 0.2) is 0 Å². The molecule has 2 aliphatic rings. The fourth-order valence-electron chi connectivity index (χ4n) is 2.71. The quantitative estimate of drug-likeness (QED) is 0.762. The number of hydrogen-bond acceptors (Lipinski definition) is 4. The van der Waals surface area contributed by atoms with Gasteiger partial charge >= 0.3 is 5.97 Å². The first-order chi connectivity index (χ1) is 8.68. The van der Waals surface area contributed by atoms with Crippen molar-refractivity contribution in [2.75, 3.05) is 19.8 Å². The van der Waals surface area contributed by atoms with Crippen LogP contribution < -0.4 is 5.32 Å². The number of carbonyl (C=O) groups is 2. The molecule has 0 aromatic carbocycles. The molecule has 5 nitrogen and oxygen atoms in total. The summed E-state index contributed by atoms with van der Waals surface area (Å²) in [6, 6.07) is 0. The minimum absolute atomic E-state index is 0.0672. The number of hydrogen-bond donors (Lipinski definition) is 1. The fourth-order valence-corrected chi connectivity index (χ4v) is 2.71. The van der Waals surface area contributed by atoms with Crippen molar-refractivity contribution in [3.05, 3.63) is 0 Å². The number of carbonyl (C=O) groups excluding carboxylic acids is 2. The predicted molar refractivity (Wildman–Crippen MR) is 64.9 cm³/mol. The molecule has 0 aromatic heterocycles. The number of rotatable bonds is 4. The molecule has 2 fully saturated rings. The Bertz CT molecular complexity index is 317. The molecule has 1 saturated heterocycles. The van der Waals surface area contributed by atoms with Crippen LogP contribution in [0.5, 0.6) is 0 Å². The number of nitrogens with one attached hydrogen (secondary N) is 1. The highest BCUT2D eigenvalue weighted by molar-refractivity contribution is 5.89. The highest BCUT2D eigenvalue weighted by Gasteiger charge is 2.45. The number of esters is 1. The van der Waals surface area contributed by atoms with Crippen molar-refractivity contribution in [3.8, 4) is 0 Å². The SMILES string of the molecule is CCOC(=O)C1(NC(=O)C2CCOC2)CCCC1. The number of amides is 1. The zero-order chi connectivity index (χ0) is 13.0. The molecule has 0 bridgehead atoms. The summed E-state index contributed by atoms with van der Waals surface area (Å²) in [5.41, 5.74) is -0.782. The lowest BCUT2D eigenvalue weighted by Gasteiger charge is -2.28. The molecule has 1 amide bonds. The van der Waals surface area contributed by atoms with E-state index >= 15 is 0 Å². The van der Waals surface area contributed by atoms with Gasteiger partial charge in [0.1, 0.15) is 5.54 Å². The van der Waals surface area contributed by atoms with Crippen LogP contribution in [0.2, 0.25) is 0 Å². The van der Waals surface area contributed by atoms with E-state index in [-0.39, 0.29) is 17.8 Å².